The molecule has 1 aliphatic carbocycles. The molecule has 0 radical (unpaired) electrons. The Kier molecular flexibility index (Phi) is 4.93. The van der Waals surface area contributed by atoms with Gasteiger partial charge in [0.25, 0.3) is 0 Å². The average Bonchev–Trinajstić information content (AvgIpc) is 2.56. The highest BCUT2D eigenvalue weighted by molar-refractivity contribution is 7.81. The lowest BCUT2D eigenvalue weighted by Crippen LogP contribution is -2.27. The second-order valence-corrected chi connectivity index (χ2v) is 7.42. The van der Waals surface area contributed by atoms with Crippen LogP contribution < -0.4 is 11.2 Å². The third kappa shape index (κ3) is 4.77. The van der Waals surface area contributed by atoms with E-state index in [4.69, 9.17) is 5.73 Å². The van der Waals surface area contributed by atoms with Crippen molar-refractivity contribution in [3.63, 3.8) is 0 Å². The molecule has 0 aliphatic heterocycles. The molecule has 5 heteroatoms. The maximum absolute atomic E-state index is 11.9. The highest BCUT2D eigenvalue weighted by atomic mass is 32.1. The van der Waals surface area contributed by atoms with Crippen LogP contribution in [0.15, 0.2) is 23.3 Å². The summed E-state index contributed by atoms with van der Waals surface area (Å²) >= 11 is 4.36. The van der Waals surface area contributed by atoms with Crippen molar-refractivity contribution < 1.29 is 4.79 Å². The third-order valence-electron chi connectivity index (χ3n) is 3.46. The SMILES string of the molecule is CC(C)(S)CC(=O)N/N=C1\CCCCc2cc(N)ccc21. The molecule has 1 aliphatic rings. The summed E-state index contributed by atoms with van der Waals surface area (Å²) in [5.74, 6) is -0.108. The zero-order chi connectivity index (χ0) is 15.5. The zero-order valence-electron chi connectivity index (χ0n) is 12.6. The summed E-state index contributed by atoms with van der Waals surface area (Å²) < 4.78 is -0.333. The number of nitrogens with two attached hydrogens (primary N) is 1. The molecule has 4 nitrogen and oxygen atoms in total. The number of thiol groups is 1. The Morgan fingerprint density at radius 1 is 1.38 bits per heavy atom. The van der Waals surface area contributed by atoms with E-state index in [1.807, 2.05) is 32.0 Å². The van der Waals surface area contributed by atoms with Crippen molar-refractivity contribution in [2.45, 2.75) is 50.7 Å². The Balaban J connectivity index is 2.16. The molecule has 0 fully saturated rings. The van der Waals surface area contributed by atoms with E-state index in [9.17, 15) is 4.79 Å². The van der Waals surface area contributed by atoms with Gasteiger partial charge in [0.2, 0.25) is 5.91 Å². The van der Waals surface area contributed by atoms with Crippen molar-refractivity contribution in [2.24, 2.45) is 5.10 Å². The number of benzene rings is 1. The van der Waals surface area contributed by atoms with Crippen LogP contribution in [0.5, 0.6) is 0 Å². The van der Waals surface area contributed by atoms with Crippen LogP contribution in [-0.4, -0.2) is 16.4 Å². The Labute approximate surface area is 131 Å². The number of nitrogen functional groups attached to an aromatic ring is 1. The van der Waals surface area contributed by atoms with Crippen LogP contribution in [0.3, 0.4) is 0 Å². The van der Waals surface area contributed by atoms with Gasteiger partial charge in [-0.25, -0.2) is 5.43 Å². The number of hydrogen-bond acceptors (Lipinski definition) is 4. The minimum Gasteiger partial charge on any atom is -0.399 e. The van der Waals surface area contributed by atoms with E-state index in [1.54, 1.807) is 0 Å². The Morgan fingerprint density at radius 3 is 2.81 bits per heavy atom. The summed E-state index contributed by atoms with van der Waals surface area (Å²) in [6, 6.07) is 5.90. The molecule has 1 aromatic carbocycles. The molecule has 114 valence electrons. The summed E-state index contributed by atoms with van der Waals surface area (Å²) in [6.07, 6.45) is 4.41. The van der Waals surface area contributed by atoms with E-state index < -0.39 is 0 Å². The number of anilines is 1. The topological polar surface area (TPSA) is 67.5 Å². The second kappa shape index (κ2) is 6.52. The number of nitrogens with one attached hydrogen (secondary N) is 1. The molecule has 0 saturated heterocycles. The fraction of sp³-hybridized carbons (Fsp3) is 0.500. The van der Waals surface area contributed by atoms with Gasteiger partial charge in [0.1, 0.15) is 0 Å². The molecular formula is C16H23N3OS. The predicted octanol–water partition coefficient (Wildman–Crippen LogP) is 2.91. The number of carbonyl (C=O) groups is 1. The van der Waals surface area contributed by atoms with Gasteiger partial charge in [-0.15, -0.1) is 0 Å². The van der Waals surface area contributed by atoms with E-state index in [1.165, 1.54) is 5.56 Å². The Hall–Kier alpha value is -1.49. The molecule has 3 N–H and O–H groups in total. The first kappa shape index (κ1) is 15.9. The standard InChI is InChI=1S/C16H23N3OS/c1-16(2,21)10-15(20)19-18-14-6-4-3-5-11-9-12(17)7-8-13(11)14/h7-9,21H,3-6,10,17H2,1-2H3,(H,19,20)/b18-14+. The molecule has 1 aromatic rings. The van der Waals surface area contributed by atoms with Gasteiger partial charge in [-0.3, -0.25) is 4.79 Å². The van der Waals surface area contributed by atoms with Gasteiger partial charge < -0.3 is 5.73 Å². The largest absolute Gasteiger partial charge is 0.399 e. The summed E-state index contributed by atoms with van der Waals surface area (Å²) in [5.41, 5.74) is 12.5. The lowest BCUT2D eigenvalue weighted by atomic mass is 10.0. The normalized spacial score (nSPS) is 17.2. The fourth-order valence-electron chi connectivity index (χ4n) is 2.52. The number of aryl methyl sites for hydroxylation is 1. The van der Waals surface area contributed by atoms with Crippen molar-refractivity contribution in [3.05, 3.63) is 29.3 Å². The van der Waals surface area contributed by atoms with Crippen LogP contribution in [0.25, 0.3) is 0 Å². The number of fused-ring (bicyclic) bond motifs is 1. The third-order valence-corrected chi connectivity index (χ3v) is 3.62. The first-order valence-electron chi connectivity index (χ1n) is 7.32. The van der Waals surface area contributed by atoms with Gasteiger partial charge in [-0.05, 0) is 43.4 Å². The highest BCUT2D eigenvalue weighted by Gasteiger charge is 2.18. The highest BCUT2D eigenvalue weighted by Crippen LogP contribution is 2.23. The predicted molar refractivity (Wildman–Crippen MR) is 90.8 cm³/mol. The maximum Gasteiger partial charge on any atom is 0.241 e. The van der Waals surface area contributed by atoms with E-state index in [0.29, 0.717) is 6.42 Å². The molecule has 0 spiro atoms. The Morgan fingerprint density at radius 2 is 2.10 bits per heavy atom. The van der Waals surface area contributed by atoms with Crippen LogP contribution in [0.4, 0.5) is 5.69 Å². The number of amides is 1. The smallest absolute Gasteiger partial charge is 0.241 e. The van der Waals surface area contributed by atoms with Gasteiger partial charge in [0, 0.05) is 22.4 Å². The molecule has 1 amide bonds. The number of carbonyl (C=O) groups excluding carboxylic acids is 1. The first-order chi connectivity index (χ1) is 9.85. The summed E-state index contributed by atoms with van der Waals surface area (Å²) in [5, 5.41) is 4.34. The number of hydrazone groups is 1. The minimum absolute atomic E-state index is 0.108. The average molecular weight is 305 g/mol. The van der Waals surface area contributed by atoms with Gasteiger partial charge in [0.15, 0.2) is 0 Å². The lowest BCUT2D eigenvalue weighted by Gasteiger charge is -2.15. The molecule has 2 rings (SSSR count). The number of nitrogens with zero attached hydrogens (tertiary/aromatic N) is 1. The summed E-state index contributed by atoms with van der Waals surface area (Å²) in [7, 11) is 0. The molecule has 0 atom stereocenters. The van der Waals surface area contributed by atoms with Gasteiger partial charge in [0.05, 0.1) is 5.71 Å². The lowest BCUT2D eigenvalue weighted by molar-refractivity contribution is -0.121. The van der Waals surface area contributed by atoms with Crippen LogP contribution in [0.1, 0.15) is 50.7 Å². The van der Waals surface area contributed by atoms with Crippen molar-refractivity contribution in [3.8, 4) is 0 Å². The van der Waals surface area contributed by atoms with E-state index >= 15 is 0 Å². The minimum atomic E-state index is -0.333. The number of rotatable bonds is 3. The molecule has 0 unspecified atom stereocenters. The van der Waals surface area contributed by atoms with Crippen LogP contribution >= 0.6 is 12.6 Å². The second-order valence-electron chi connectivity index (χ2n) is 6.21. The van der Waals surface area contributed by atoms with Gasteiger partial charge in [-0.2, -0.15) is 17.7 Å². The summed E-state index contributed by atoms with van der Waals surface area (Å²) in [4.78, 5) is 11.9. The molecular weight excluding hydrogens is 282 g/mol. The van der Waals surface area contributed by atoms with E-state index in [0.717, 1.165) is 42.6 Å². The molecule has 0 bridgehead atoms. The molecule has 0 aromatic heterocycles. The van der Waals surface area contributed by atoms with Gasteiger partial charge in [-0.1, -0.05) is 19.9 Å². The van der Waals surface area contributed by atoms with E-state index in [-0.39, 0.29) is 10.7 Å². The molecule has 0 heterocycles. The van der Waals surface area contributed by atoms with Crippen molar-refractivity contribution in [1.82, 2.24) is 5.43 Å². The molecule has 21 heavy (non-hydrogen) atoms. The van der Waals surface area contributed by atoms with E-state index in [2.05, 4.69) is 23.2 Å². The molecule has 0 saturated carbocycles. The first-order valence-corrected chi connectivity index (χ1v) is 7.76. The van der Waals surface area contributed by atoms with Crippen LogP contribution in [0.2, 0.25) is 0 Å². The quantitative estimate of drug-likeness (QED) is 0.348. The van der Waals surface area contributed by atoms with Crippen molar-refractivity contribution in [1.29, 1.82) is 0 Å². The summed E-state index contributed by atoms with van der Waals surface area (Å²) in [6.45, 7) is 3.82. The van der Waals surface area contributed by atoms with Crippen LogP contribution in [-0.2, 0) is 11.2 Å². The maximum atomic E-state index is 11.9. The van der Waals surface area contributed by atoms with Gasteiger partial charge >= 0.3 is 0 Å². The zero-order valence-corrected chi connectivity index (χ0v) is 13.5. The monoisotopic (exact) mass is 305 g/mol. The fourth-order valence-corrected chi connectivity index (χ4v) is 2.67. The van der Waals surface area contributed by atoms with Crippen molar-refractivity contribution >= 4 is 29.9 Å². The van der Waals surface area contributed by atoms with Crippen LogP contribution in [0, 0.1) is 0 Å². The Bertz CT molecular complexity index is 561. The van der Waals surface area contributed by atoms with Crippen molar-refractivity contribution in [2.75, 3.05) is 5.73 Å². The number of hydrogen-bond donors (Lipinski definition) is 3.